The molecular formula is C19H22ClN3O3. The summed E-state index contributed by atoms with van der Waals surface area (Å²) in [4.78, 5) is 22.4. The number of hydrogen-bond donors (Lipinski definition) is 2. The Balaban J connectivity index is 1.84. The Labute approximate surface area is 157 Å². The summed E-state index contributed by atoms with van der Waals surface area (Å²) in [5.41, 5.74) is 2.34. The first kappa shape index (κ1) is 19.7. The van der Waals surface area contributed by atoms with Crippen molar-refractivity contribution in [2.45, 2.75) is 26.2 Å². The van der Waals surface area contributed by atoms with Crippen molar-refractivity contribution in [2.24, 2.45) is 0 Å². The highest BCUT2D eigenvalue weighted by molar-refractivity contribution is 6.33. The Morgan fingerprint density at radius 3 is 2.31 bits per heavy atom. The van der Waals surface area contributed by atoms with Gasteiger partial charge in [-0.25, -0.2) is 0 Å². The van der Waals surface area contributed by atoms with Crippen molar-refractivity contribution < 1.29 is 9.72 Å². The molecule has 0 saturated carbocycles. The normalized spacial score (nSPS) is 11.1. The van der Waals surface area contributed by atoms with Gasteiger partial charge in [0.15, 0.2) is 0 Å². The number of nitro groups is 1. The van der Waals surface area contributed by atoms with Crippen LogP contribution >= 0.6 is 11.6 Å². The number of non-ortho nitro benzene ring substituents is 1. The minimum absolute atomic E-state index is 0.0446. The Hall–Kier alpha value is -2.60. The third-order valence-electron chi connectivity index (χ3n) is 3.90. The molecule has 138 valence electrons. The minimum atomic E-state index is -0.499. The zero-order valence-corrected chi connectivity index (χ0v) is 15.8. The lowest BCUT2D eigenvalue weighted by molar-refractivity contribution is -0.384. The average molecular weight is 376 g/mol. The molecule has 0 fully saturated rings. The summed E-state index contributed by atoms with van der Waals surface area (Å²) in [6.45, 7) is 7.21. The molecule has 0 spiro atoms. The second-order valence-corrected chi connectivity index (χ2v) is 7.34. The number of rotatable bonds is 6. The van der Waals surface area contributed by atoms with E-state index in [0.29, 0.717) is 24.3 Å². The van der Waals surface area contributed by atoms with E-state index in [4.69, 9.17) is 11.6 Å². The van der Waals surface area contributed by atoms with E-state index in [-0.39, 0.29) is 22.0 Å². The number of anilines is 1. The van der Waals surface area contributed by atoms with Crippen LogP contribution in [0.2, 0.25) is 5.02 Å². The van der Waals surface area contributed by atoms with E-state index >= 15 is 0 Å². The first-order chi connectivity index (χ1) is 12.2. The van der Waals surface area contributed by atoms with Gasteiger partial charge in [0.1, 0.15) is 0 Å². The van der Waals surface area contributed by atoms with Gasteiger partial charge in [-0.2, -0.15) is 0 Å². The van der Waals surface area contributed by atoms with Crippen LogP contribution in [0, 0.1) is 10.1 Å². The van der Waals surface area contributed by atoms with E-state index in [1.54, 1.807) is 6.07 Å². The molecule has 1 amide bonds. The van der Waals surface area contributed by atoms with Gasteiger partial charge >= 0.3 is 0 Å². The number of benzene rings is 2. The zero-order chi connectivity index (χ0) is 19.3. The van der Waals surface area contributed by atoms with Crippen molar-refractivity contribution in [2.75, 3.05) is 18.4 Å². The number of nitro benzene ring substituents is 1. The van der Waals surface area contributed by atoms with Crippen molar-refractivity contribution in [1.29, 1.82) is 0 Å². The van der Waals surface area contributed by atoms with Crippen LogP contribution in [-0.4, -0.2) is 23.9 Å². The molecule has 0 radical (unpaired) electrons. The van der Waals surface area contributed by atoms with E-state index in [0.717, 1.165) is 0 Å². The van der Waals surface area contributed by atoms with Crippen molar-refractivity contribution in [3.63, 3.8) is 0 Å². The molecule has 0 aliphatic carbocycles. The van der Waals surface area contributed by atoms with Crippen molar-refractivity contribution in [1.82, 2.24) is 5.32 Å². The lowest BCUT2D eigenvalue weighted by Crippen LogP contribution is -2.28. The van der Waals surface area contributed by atoms with E-state index in [1.807, 2.05) is 24.3 Å². The van der Waals surface area contributed by atoms with Crippen LogP contribution in [0.5, 0.6) is 0 Å². The van der Waals surface area contributed by atoms with E-state index in [1.165, 1.54) is 17.7 Å². The molecule has 0 unspecified atom stereocenters. The summed E-state index contributed by atoms with van der Waals surface area (Å²) in [5, 5.41) is 16.8. The van der Waals surface area contributed by atoms with Crippen LogP contribution in [-0.2, 0) is 5.41 Å². The van der Waals surface area contributed by atoms with Crippen LogP contribution in [0.3, 0.4) is 0 Å². The van der Waals surface area contributed by atoms with Gasteiger partial charge in [-0.3, -0.25) is 14.9 Å². The smallest absolute Gasteiger partial charge is 0.271 e. The van der Waals surface area contributed by atoms with Gasteiger partial charge in [0, 0.05) is 30.8 Å². The zero-order valence-electron chi connectivity index (χ0n) is 15.0. The molecule has 0 saturated heterocycles. The number of carbonyl (C=O) groups is 1. The highest BCUT2D eigenvalue weighted by Crippen LogP contribution is 2.26. The number of amides is 1. The van der Waals surface area contributed by atoms with Gasteiger partial charge < -0.3 is 10.6 Å². The molecule has 2 aromatic rings. The van der Waals surface area contributed by atoms with Crippen molar-refractivity contribution in [3.05, 3.63) is 68.7 Å². The monoisotopic (exact) mass is 375 g/mol. The molecule has 0 atom stereocenters. The van der Waals surface area contributed by atoms with Crippen molar-refractivity contribution in [3.8, 4) is 0 Å². The fourth-order valence-corrected chi connectivity index (χ4v) is 2.60. The molecular weight excluding hydrogens is 354 g/mol. The van der Waals surface area contributed by atoms with Gasteiger partial charge in [0.05, 0.1) is 15.6 Å². The topological polar surface area (TPSA) is 84.3 Å². The molecule has 2 rings (SSSR count). The van der Waals surface area contributed by atoms with E-state index in [2.05, 4.69) is 31.4 Å². The Bertz CT molecular complexity index is 799. The van der Waals surface area contributed by atoms with Gasteiger partial charge in [-0.15, -0.1) is 0 Å². The summed E-state index contributed by atoms with van der Waals surface area (Å²) >= 11 is 6.01. The molecule has 6 nitrogen and oxygen atoms in total. The summed E-state index contributed by atoms with van der Waals surface area (Å²) in [6.07, 6.45) is 0. The summed E-state index contributed by atoms with van der Waals surface area (Å²) in [6, 6.07) is 11.8. The van der Waals surface area contributed by atoms with Gasteiger partial charge in [0.25, 0.3) is 11.6 Å². The Morgan fingerprint density at radius 1 is 1.12 bits per heavy atom. The van der Waals surface area contributed by atoms with E-state index < -0.39 is 4.92 Å². The number of halogens is 1. The maximum atomic E-state index is 12.2. The van der Waals surface area contributed by atoms with Crippen LogP contribution in [0.15, 0.2) is 42.5 Å². The molecule has 2 aromatic carbocycles. The van der Waals surface area contributed by atoms with Gasteiger partial charge in [-0.1, -0.05) is 44.5 Å². The maximum absolute atomic E-state index is 12.2. The SMILES string of the molecule is CC(C)(C)c1ccc(C(=O)NCCNc2ccc([N+](=O)[O-])cc2Cl)cc1. The number of nitrogens with zero attached hydrogens (tertiary/aromatic N) is 1. The molecule has 2 N–H and O–H groups in total. The first-order valence-electron chi connectivity index (χ1n) is 8.25. The van der Waals surface area contributed by atoms with Crippen LogP contribution in [0.25, 0.3) is 0 Å². The Morgan fingerprint density at radius 2 is 1.77 bits per heavy atom. The summed E-state index contributed by atoms with van der Waals surface area (Å²) in [5.74, 6) is -0.151. The molecule has 0 heterocycles. The third-order valence-corrected chi connectivity index (χ3v) is 4.22. The predicted octanol–water partition coefficient (Wildman–Crippen LogP) is 4.39. The number of nitrogens with one attached hydrogen (secondary N) is 2. The van der Waals surface area contributed by atoms with Crippen LogP contribution < -0.4 is 10.6 Å². The second kappa shape index (κ2) is 8.19. The lowest BCUT2D eigenvalue weighted by Gasteiger charge is -2.19. The molecule has 26 heavy (non-hydrogen) atoms. The molecule has 7 heteroatoms. The molecule has 0 bridgehead atoms. The highest BCUT2D eigenvalue weighted by atomic mass is 35.5. The highest BCUT2D eigenvalue weighted by Gasteiger charge is 2.14. The fourth-order valence-electron chi connectivity index (χ4n) is 2.36. The fraction of sp³-hybridized carbons (Fsp3) is 0.316. The van der Waals surface area contributed by atoms with Crippen LogP contribution in [0.4, 0.5) is 11.4 Å². The van der Waals surface area contributed by atoms with E-state index in [9.17, 15) is 14.9 Å². The summed E-state index contributed by atoms with van der Waals surface area (Å²) < 4.78 is 0. The molecule has 0 aliphatic rings. The first-order valence-corrected chi connectivity index (χ1v) is 8.63. The quantitative estimate of drug-likeness (QED) is 0.445. The molecule has 0 aliphatic heterocycles. The Kier molecular flexibility index (Phi) is 6.21. The maximum Gasteiger partial charge on any atom is 0.271 e. The summed E-state index contributed by atoms with van der Waals surface area (Å²) in [7, 11) is 0. The van der Waals surface area contributed by atoms with Crippen molar-refractivity contribution >= 4 is 28.9 Å². The predicted molar refractivity (Wildman–Crippen MR) is 104 cm³/mol. The third kappa shape index (κ3) is 5.20. The number of hydrogen-bond acceptors (Lipinski definition) is 4. The standard InChI is InChI=1S/C19H22ClN3O3/c1-19(2,3)14-6-4-13(5-7-14)18(24)22-11-10-21-17-9-8-15(23(25)26)12-16(17)20/h4-9,12,21H,10-11H2,1-3H3,(H,22,24). The average Bonchev–Trinajstić information content (AvgIpc) is 2.58. The largest absolute Gasteiger partial charge is 0.382 e. The lowest BCUT2D eigenvalue weighted by atomic mass is 9.87. The van der Waals surface area contributed by atoms with Gasteiger partial charge in [0.2, 0.25) is 0 Å². The minimum Gasteiger partial charge on any atom is -0.382 e. The molecule has 0 aromatic heterocycles. The second-order valence-electron chi connectivity index (χ2n) is 6.93. The number of carbonyl (C=O) groups excluding carboxylic acids is 1. The van der Waals surface area contributed by atoms with Gasteiger partial charge in [-0.05, 0) is 29.2 Å². The van der Waals surface area contributed by atoms with Crippen LogP contribution in [0.1, 0.15) is 36.7 Å².